The van der Waals surface area contributed by atoms with Gasteiger partial charge in [0.2, 0.25) is 5.91 Å². The van der Waals surface area contributed by atoms with Crippen LogP contribution in [0.15, 0.2) is 36.7 Å². The first-order valence-electron chi connectivity index (χ1n) is 7.92. The molecule has 7 nitrogen and oxygen atoms in total. The number of anilines is 2. The summed E-state index contributed by atoms with van der Waals surface area (Å²) in [5.74, 6) is -0.157. The zero-order chi connectivity index (χ0) is 17.8. The second-order valence-corrected chi connectivity index (χ2v) is 5.72. The molecule has 1 saturated heterocycles. The molecule has 0 radical (unpaired) electrons. The molecule has 0 aliphatic carbocycles. The standard InChI is InChI=1S/C17H18FN5O2/c1-12(24)22-5-7-23(8-6-22)16-11-19-15(10-20-16)17(25)21-14-4-2-3-13(18)9-14/h2-4,9-11H,5-8H2,1H3,(H,21,25). The van der Waals surface area contributed by atoms with Crippen LogP contribution in [0.1, 0.15) is 17.4 Å². The second kappa shape index (κ2) is 7.25. The van der Waals surface area contributed by atoms with Gasteiger partial charge in [-0.2, -0.15) is 0 Å². The van der Waals surface area contributed by atoms with Crippen LogP contribution in [-0.4, -0.2) is 52.9 Å². The fourth-order valence-electron chi connectivity index (χ4n) is 2.61. The van der Waals surface area contributed by atoms with Crippen LogP contribution >= 0.6 is 0 Å². The molecule has 1 fully saturated rings. The minimum atomic E-state index is -0.453. The first-order valence-corrected chi connectivity index (χ1v) is 7.92. The van der Waals surface area contributed by atoms with E-state index in [2.05, 4.69) is 15.3 Å². The number of carbonyl (C=O) groups excluding carboxylic acids is 2. The van der Waals surface area contributed by atoms with Gasteiger partial charge in [0.05, 0.1) is 12.4 Å². The van der Waals surface area contributed by atoms with Gasteiger partial charge in [0, 0.05) is 38.8 Å². The number of aromatic nitrogens is 2. The van der Waals surface area contributed by atoms with Gasteiger partial charge in [0.15, 0.2) is 0 Å². The Kier molecular flexibility index (Phi) is 4.87. The van der Waals surface area contributed by atoms with E-state index in [-0.39, 0.29) is 11.6 Å². The maximum atomic E-state index is 13.1. The monoisotopic (exact) mass is 343 g/mol. The predicted molar refractivity (Wildman–Crippen MR) is 90.9 cm³/mol. The van der Waals surface area contributed by atoms with E-state index in [1.165, 1.54) is 30.6 Å². The van der Waals surface area contributed by atoms with E-state index in [0.29, 0.717) is 37.7 Å². The first kappa shape index (κ1) is 16.8. The lowest BCUT2D eigenvalue weighted by atomic mass is 10.3. The van der Waals surface area contributed by atoms with E-state index in [4.69, 9.17) is 0 Å². The molecule has 1 aromatic carbocycles. The van der Waals surface area contributed by atoms with Crippen molar-refractivity contribution in [3.63, 3.8) is 0 Å². The van der Waals surface area contributed by atoms with E-state index in [9.17, 15) is 14.0 Å². The number of piperazine rings is 1. The lowest BCUT2D eigenvalue weighted by molar-refractivity contribution is -0.129. The van der Waals surface area contributed by atoms with Crippen LogP contribution < -0.4 is 10.2 Å². The Bertz CT molecular complexity index is 773. The Morgan fingerprint density at radius 1 is 1.12 bits per heavy atom. The van der Waals surface area contributed by atoms with Crippen molar-refractivity contribution in [1.29, 1.82) is 0 Å². The van der Waals surface area contributed by atoms with E-state index in [1.807, 2.05) is 4.90 Å². The van der Waals surface area contributed by atoms with Crippen LogP contribution in [0.25, 0.3) is 0 Å². The Labute approximate surface area is 144 Å². The quantitative estimate of drug-likeness (QED) is 0.914. The molecule has 1 aliphatic heterocycles. The largest absolute Gasteiger partial charge is 0.352 e. The topological polar surface area (TPSA) is 78.4 Å². The summed E-state index contributed by atoms with van der Waals surface area (Å²) >= 11 is 0. The number of amides is 2. The average Bonchev–Trinajstić information content (AvgIpc) is 2.62. The molecule has 1 aliphatic rings. The summed E-state index contributed by atoms with van der Waals surface area (Å²) in [6.45, 7) is 4.17. The number of benzene rings is 1. The van der Waals surface area contributed by atoms with E-state index in [1.54, 1.807) is 17.9 Å². The van der Waals surface area contributed by atoms with E-state index >= 15 is 0 Å². The van der Waals surface area contributed by atoms with Gasteiger partial charge in [-0.05, 0) is 18.2 Å². The Hall–Kier alpha value is -3.03. The normalized spacial score (nSPS) is 14.3. The fourth-order valence-corrected chi connectivity index (χ4v) is 2.61. The molecule has 130 valence electrons. The fraction of sp³-hybridized carbons (Fsp3) is 0.294. The molecule has 0 spiro atoms. The highest BCUT2D eigenvalue weighted by Gasteiger charge is 2.20. The van der Waals surface area contributed by atoms with Gasteiger partial charge in [0.25, 0.3) is 5.91 Å². The van der Waals surface area contributed by atoms with Gasteiger partial charge in [0.1, 0.15) is 17.3 Å². The number of nitrogens with one attached hydrogen (secondary N) is 1. The molecule has 2 amide bonds. The lowest BCUT2D eigenvalue weighted by Crippen LogP contribution is -2.48. The van der Waals surface area contributed by atoms with Crippen LogP contribution in [0.3, 0.4) is 0 Å². The smallest absolute Gasteiger partial charge is 0.275 e. The Morgan fingerprint density at radius 3 is 2.48 bits per heavy atom. The van der Waals surface area contributed by atoms with Gasteiger partial charge in [-0.15, -0.1) is 0 Å². The molecule has 8 heteroatoms. The highest BCUT2D eigenvalue weighted by Crippen LogP contribution is 2.14. The number of carbonyl (C=O) groups is 2. The third-order valence-electron chi connectivity index (χ3n) is 4.00. The maximum Gasteiger partial charge on any atom is 0.275 e. The summed E-state index contributed by atoms with van der Waals surface area (Å²) in [6.07, 6.45) is 2.92. The predicted octanol–water partition coefficient (Wildman–Crippen LogP) is 1.54. The van der Waals surface area contributed by atoms with Crippen LogP contribution in [0.2, 0.25) is 0 Å². The van der Waals surface area contributed by atoms with Crippen molar-refractivity contribution < 1.29 is 14.0 Å². The summed E-state index contributed by atoms with van der Waals surface area (Å²) < 4.78 is 13.1. The Balaban J connectivity index is 1.62. The molecule has 1 aromatic heterocycles. The van der Waals surface area contributed by atoms with Gasteiger partial charge in [-0.25, -0.2) is 14.4 Å². The summed E-state index contributed by atoms with van der Waals surface area (Å²) in [4.78, 5) is 35.7. The molecule has 2 aromatic rings. The molecule has 0 atom stereocenters. The number of hydrogen-bond acceptors (Lipinski definition) is 5. The van der Waals surface area contributed by atoms with Crippen LogP contribution in [0.4, 0.5) is 15.9 Å². The molecule has 2 heterocycles. The zero-order valence-corrected chi connectivity index (χ0v) is 13.8. The van der Waals surface area contributed by atoms with Gasteiger partial charge in [-0.1, -0.05) is 6.07 Å². The number of halogens is 1. The molecule has 3 rings (SSSR count). The first-order chi connectivity index (χ1) is 12.0. The average molecular weight is 343 g/mol. The van der Waals surface area contributed by atoms with Gasteiger partial charge in [-0.3, -0.25) is 9.59 Å². The van der Waals surface area contributed by atoms with Crippen LogP contribution in [-0.2, 0) is 4.79 Å². The van der Waals surface area contributed by atoms with Crippen molar-refractivity contribution in [3.8, 4) is 0 Å². The van der Waals surface area contributed by atoms with Crippen LogP contribution in [0.5, 0.6) is 0 Å². The molecular formula is C17H18FN5O2. The summed E-state index contributed by atoms with van der Waals surface area (Å²) in [6, 6.07) is 5.64. The Morgan fingerprint density at radius 2 is 1.88 bits per heavy atom. The molecule has 1 N–H and O–H groups in total. The van der Waals surface area contributed by atoms with Crippen molar-refractivity contribution in [1.82, 2.24) is 14.9 Å². The number of hydrogen-bond donors (Lipinski definition) is 1. The van der Waals surface area contributed by atoms with Crippen molar-refractivity contribution in [2.75, 3.05) is 36.4 Å². The molecule has 0 unspecified atom stereocenters. The molecule has 0 bridgehead atoms. The maximum absolute atomic E-state index is 13.1. The highest BCUT2D eigenvalue weighted by molar-refractivity contribution is 6.02. The second-order valence-electron chi connectivity index (χ2n) is 5.72. The highest BCUT2D eigenvalue weighted by atomic mass is 19.1. The SMILES string of the molecule is CC(=O)N1CCN(c2cnc(C(=O)Nc3cccc(F)c3)cn2)CC1. The number of nitrogens with zero attached hydrogens (tertiary/aromatic N) is 4. The van der Waals surface area contributed by atoms with Gasteiger partial charge >= 0.3 is 0 Å². The van der Waals surface area contributed by atoms with E-state index < -0.39 is 11.7 Å². The van der Waals surface area contributed by atoms with Crippen molar-refractivity contribution in [2.24, 2.45) is 0 Å². The van der Waals surface area contributed by atoms with Crippen molar-refractivity contribution >= 4 is 23.3 Å². The molecule has 25 heavy (non-hydrogen) atoms. The third-order valence-corrected chi connectivity index (χ3v) is 4.00. The number of rotatable bonds is 3. The van der Waals surface area contributed by atoms with Crippen LogP contribution in [0, 0.1) is 5.82 Å². The van der Waals surface area contributed by atoms with Gasteiger partial charge < -0.3 is 15.1 Å². The third kappa shape index (κ3) is 4.09. The molecular weight excluding hydrogens is 325 g/mol. The summed E-state index contributed by atoms with van der Waals surface area (Å²) in [5.41, 5.74) is 0.506. The molecule has 0 saturated carbocycles. The minimum absolute atomic E-state index is 0.0649. The van der Waals surface area contributed by atoms with Crippen molar-refractivity contribution in [3.05, 3.63) is 48.2 Å². The minimum Gasteiger partial charge on any atom is -0.352 e. The summed E-state index contributed by atoms with van der Waals surface area (Å²) in [5, 5.41) is 2.58. The lowest BCUT2D eigenvalue weighted by Gasteiger charge is -2.34. The van der Waals surface area contributed by atoms with Crippen molar-refractivity contribution in [2.45, 2.75) is 6.92 Å². The van der Waals surface area contributed by atoms with E-state index in [0.717, 1.165) is 0 Å². The zero-order valence-electron chi connectivity index (χ0n) is 13.8. The summed E-state index contributed by atoms with van der Waals surface area (Å²) in [7, 11) is 0.